The van der Waals surface area contributed by atoms with Crippen LogP contribution in [-0.4, -0.2) is 21.8 Å². The molecule has 0 unspecified atom stereocenters. The molecule has 10 aromatic rings. The third-order valence-corrected chi connectivity index (χ3v) is 13.2. The first-order valence-corrected chi connectivity index (χ1v) is 26.8. The van der Waals surface area contributed by atoms with Crippen molar-refractivity contribution in [1.82, 2.24) is 0 Å². The minimum absolute atomic E-state index is 0.0246. The molecule has 10 aromatic carbocycles. The van der Waals surface area contributed by atoms with Crippen LogP contribution in [0.5, 0.6) is 46.0 Å². The molecule has 0 saturated carbocycles. The van der Waals surface area contributed by atoms with E-state index in [2.05, 4.69) is 0 Å². The van der Waals surface area contributed by atoms with E-state index in [4.69, 9.17) is 28.4 Å². The van der Waals surface area contributed by atoms with E-state index in [1.165, 1.54) is 24.3 Å². The molecule has 0 saturated heterocycles. The van der Waals surface area contributed by atoms with Crippen LogP contribution in [0, 0.1) is 0 Å². The number of benzene rings is 10. The van der Waals surface area contributed by atoms with Gasteiger partial charge >= 0.3 is 0 Å². The van der Waals surface area contributed by atoms with E-state index in [1.54, 1.807) is 24.3 Å². The van der Waals surface area contributed by atoms with Crippen LogP contribution in [0.1, 0.15) is 65.2 Å². The number of hydrogen-bond donors (Lipinski definition) is 2. The van der Waals surface area contributed by atoms with Gasteiger partial charge in [0, 0.05) is 35.4 Å². The monoisotopic (exact) mass is 1080 g/mol. The smallest absolute Gasteiger partial charge is 0.193 e. The summed E-state index contributed by atoms with van der Waals surface area (Å²) in [5, 5.41) is 23.0. The Kier molecular flexibility index (Phi) is 18.3. The molecule has 0 spiro atoms. The molecule has 10 rings (SSSR count). The van der Waals surface area contributed by atoms with Gasteiger partial charge in [0.15, 0.2) is 11.6 Å². The van der Waals surface area contributed by atoms with Crippen molar-refractivity contribution in [1.29, 1.82) is 0 Å². The molecule has 406 valence electrons. The summed E-state index contributed by atoms with van der Waals surface area (Å²) >= 11 is 0. The fourth-order valence-corrected chi connectivity index (χ4v) is 8.95. The van der Waals surface area contributed by atoms with Crippen molar-refractivity contribution in [2.75, 3.05) is 0 Å². The SMILES string of the molecule is O=C(C=Cc1ccc(OCc2ccccc2)c(-c2cc(C=CC(=O)c3c(O)cc(OCc4ccccc4)cc3OCc3ccccc3)ccc2OCc2ccccc2)c1)c1c(O)cc(OCc2ccccc2)cc1OCc1ccccc1. The zero-order chi connectivity index (χ0) is 56.3. The molecule has 0 aliphatic carbocycles. The lowest BCUT2D eigenvalue weighted by molar-refractivity contribution is 0.103. The first-order valence-electron chi connectivity index (χ1n) is 26.8. The molecule has 0 heterocycles. The van der Waals surface area contributed by atoms with Crippen LogP contribution in [-0.2, 0) is 39.6 Å². The average molecular weight is 1080 g/mol. The van der Waals surface area contributed by atoms with E-state index in [1.807, 2.05) is 218 Å². The van der Waals surface area contributed by atoms with Crippen molar-refractivity contribution in [3.63, 3.8) is 0 Å². The molecule has 0 bridgehead atoms. The van der Waals surface area contributed by atoms with E-state index < -0.39 is 11.6 Å². The molecule has 10 nitrogen and oxygen atoms in total. The number of ether oxygens (including phenoxy) is 6. The molecule has 2 N–H and O–H groups in total. The third-order valence-electron chi connectivity index (χ3n) is 13.2. The van der Waals surface area contributed by atoms with Crippen molar-refractivity contribution in [3.05, 3.63) is 310 Å². The summed E-state index contributed by atoms with van der Waals surface area (Å²) in [5.74, 6) is 0.435. The first kappa shape index (κ1) is 54.8. The van der Waals surface area contributed by atoms with Gasteiger partial charge in [0.25, 0.3) is 0 Å². The molecule has 0 amide bonds. The minimum Gasteiger partial charge on any atom is -0.507 e. The van der Waals surface area contributed by atoms with Gasteiger partial charge < -0.3 is 38.6 Å². The van der Waals surface area contributed by atoms with Crippen LogP contribution in [0.2, 0.25) is 0 Å². The van der Waals surface area contributed by atoms with E-state index in [0.717, 1.165) is 33.4 Å². The molecule has 82 heavy (non-hydrogen) atoms. The lowest BCUT2D eigenvalue weighted by atomic mass is 9.97. The summed E-state index contributed by atoms with van der Waals surface area (Å²) in [5.41, 5.74) is 7.99. The highest BCUT2D eigenvalue weighted by molar-refractivity contribution is 6.11. The predicted molar refractivity (Wildman–Crippen MR) is 319 cm³/mol. The summed E-state index contributed by atoms with van der Waals surface area (Å²) in [4.78, 5) is 28.7. The molecule has 0 atom stereocenters. The maximum absolute atomic E-state index is 14.4. The number of phenols is 2. The first-order chi connectivity index (χ1) is 40.3. The van der Waals surface area contributed by atoms with Crippen LogP contribution in [0.4, 0.5) is 0 Å². The summed E-state index contributed by atoms with van der Waals surface area (Å²) in [6.07, 6.45) is 6.13. The molecular weight excluding hydrogens is 1020 g/mol. The van der Waals surface area contributed by atoms with Gasteiger partial charge in [0.1, 0.15) is 96.8 Å². The summed E-state index contributed by atoms with van der Waals surface area (Å²) in [6.45, 7) is 1.27. The summed E-state index contributed by atoms with van der Waals surface area (Å²) < 4.78 is 37.9. The zero-order valence-electron chi connectivity index (χ0n) is 44.8. The molecule has 10 heteroatoms. The van der Waals surface area contributed by atoms with Crippen molar-refractivity contribution in [2.45, 2.75) is 39.6 Å². The Morgan fingerprint density at radius 3 is 0.866 bits per heavy atom. The minimum atomic E-state index is -0.501. The highest BCUT2D eigenvalue weighted by Gasteiger charge is 2.22. The van der Waals surface area contributed by atoms with E-state index in [-0.39, 0.29) is 73.8 Å². The maximum atomic E-state index is 14.4. The molecule has 0 radical (unpaired) electrons. The normalized spacial score (nSPS) is 11.1. The third kappa shape index (κ3) is 15.0. The summed E-state index contributed by atoms with van der Waals surface area (Å²) in [6, 6.07) is 75.3. The van der Waals surface area contributed by atoms with Crippen LogP contribution < -0.4 is 28.4 Å². The fraction of sp³-hybridized carbons (Fsp3) is 0.0833. The maximum Gasteiger partial charge on any atom is 0.193 e. The van der Waals surface area contributed by atoms with Gasteiger partial charge in [-0.05, 0) is 80.9 Å². The lowest BCUT2D eigenvalue weighted by Gasteiger charge is -2.17. The van der Waals surface area contributed by atoms with E-state index >= 15 is 0 Å². The number of ketones is 2. The number of allylic oxidation sites excluding steroid dienone is 2. The Morgan fingerprint density at radius 2 is 0.573 bits per heavy atom. The van der Waals surface area contributed by atoms with E-state index in [0.29, 0.717) is 45.3 Å². The van der Waals surface area contributed by atoms with Crippen molar-refractivity contribution in [3.8, 4) is 57.1 Å². The number of aromatic hydroxyl groups is 2. The number of carbonyl (C=O) groups excluding carboxylic acids is 2. The molecule has 0 aliphatic rings. The topological polar surface area (TPSA) is 130 Å². The van der Waals surface area contributed by atoms with Gasteiger partial charge in [0.05, 0.1) is 0 Å². The quantitative estimate of drug-likeness (QED) is 0.0421. The zero-order valence-corrected chi connectivity index (χ0v) is 44.8. The molecule has 0 fully saturated rings. The van der Waals surface area contributed by atoms with Crippen LogP contribution in [0.3, 0.4) is 0 Å². The standard InChI is InChI=1S/C72H58O10/c73-63(71-65(75)41-59(77-45-53-19-7-1-8-20-53)43-69(71)81-49-57-27-15-5-16-28-57)35-31-51-33-37-67(79-47-55-23-11-3-12-24-55)61(39-51)62-40-52(34-38-68(62)80-48-56-25-13-4-14-26-56)32-36-64(74)72-66(76)42-60(78-46-54-21-9-2-10-22-54)44-70(72)82-50-58-29-17-6-18-30-58/h1-44,75-76H,45-50H2. The highest BCUT2D eigenvalue weighted by Crippen LogP contribution is 2.41. The second-order valence-corrected chi connectivity index (χ2v) is 19.2. The van der Waals surface area contributed by atoms with Gasteiger partial charge in [-0.25, -0.2) is 0 Å². The summed E-state index contributed by atoms with van der Waals surface area (Å²) in [7, 11) is 0. The Labute approximate surface area is 477 Å². The highest BCUT2D eigenvalue weighted by atomic mass is 16.5. The van der Waals surface area contributed by atoms with E-state index in [9.17, 15) is 19.8 Å². The Balaban J connectivity index is 0.988. The number of phenolic OH excluding ortho intramolecular Hbond substituents is 2. The molecular formula is C72H58O10. The average Bonchev–Trinajstić information content (AvgIpc) is 3.69. The molecule has 0 aromatic heterocycles. The van der Waals surface area contributed by atoms with Gasteiger partial charge in [-0.3, -0.25) is 9.59 Å². The van der Waals surface area contributed by atoms with Gasteiger partial charge in [-0.2, -0.15) is 0 Å². The van der Waals surface area contributed by atoms with Crippen LogP contribution in [0.15, 0.2) is 255 Å². The number of carbonyl (C=O) groups is 2. The Morgan fingerprint density at radius 1 is 0.305 bits per heavy atom. The van der Waals surface area contributed by atoms with Crippen molar-refractivity contribution >= 4 is 23.7 Å². The second kappa shape index (κ2) is 27.3. The Bertz CT molecular complexity index is 3540. The Hall–Kier alpha value is -10.6. The van der Waals surface area contributed by atoms with Gasteiger partial charge in [-0.15, -0.1) is 0 Å². The molecule has 0 aliphatic heterocycles. The second-order valence-electron chi connectivity index (χ2n) is 19.2. The van der Waals surface area contributed by atoms with Gasteiger partial charge in [-0.1, -0.05) is 206 Å². The predicted octanol–water partition coefficient (Wildman–Crippen LogP) is 16.0. The van der Waals surface area contributed by atoms with Crippen LogP contribution in [0.25, 0.3) is 23.3 Å². The van der Waals surface area contributed by atoms with Gasteiger partial charge in [0.2, 0.25) is 0 Å². The number of hydrogen-bond acceptors (Lipinski definition) is 10. The largest absolute Gasteiger partial charge is 0.507 e. The van der Waals surface area contributed by atoms with Crippen LogP contribution >= 0.6 is 0 Å². The fourth-order valence-electron chi connectivity index (χ4n) is 8.95. The van der Waals surface area contributed by atoms with Crippen molar-refractivity contribution in [2.24, 2.45) is 0 Å². The lowest BCUT2D eigenvalue weighted by Crippen LogP contribution is -2.05. The van der Waals surface area contributed by atoms with Crippen molar-refractivity contribution < 1.29 is 48.2 Å². The number of rotatable bonds is 25.